The lowest BCUT2D eigenvalue weighted by molar-refractivity contribution is -0.345. The Morgan fingerprint density at radius 1 is 1.00 bits per heavy atom. The van der Waals surface area contributed by atoms with Gasteiger partial charge in [0.1, 0.15) is 43.2 Å². The molecule has 2 aliphatic heterocycles. The number of hydrogen-bond acceptors (Lipinski definition) is 10. The molecule has 2 rings (SSSR count). The third-order valence-electron chi connectivity index (χ3n) is 4.34. The third kappa shape index (κ3) is 2.36. The first-order valence-corrected chi connectivity index (χ1v) is 6.74. The summed E-state index contributed by atoms with van der Waals surface area (Å²) in [7, 11) is 0. The molecule has 0 aromatic heterocycles. The van der Waals surface area contributed by atoms with Gasteiger partial charge in [-0.25, -0.2) is 0 Å². The van der Waals surface area contributed by atoms with Crippen molar-refractivity contribution in [3.05, 3.63) is 6.61 Å². The van der Waals surface area contributed by atoms with Crippen LogP contribution in [0, 0.1) is 6.61 Å². The fraction of sp³-hybridized carbons (Fsp3) is 0.917. The predicted molar refractivity (Wildman–Crippen MR) is 67.0 cm³/mol. The molecule has 0 unspecified atom stereocenters. The van der Waals surface area contributed by atoms with Gasteiger partial charge in [0.25, 0.3) is 0 Å². The highest BCUT2D eigenvalue weighted by Crippen LogP contribution is 2.43. The molecule has 0 amide bonds. The van der Waals surface area contributed by atoms with Crippen LogP contribution < -0.4 is 0 Å². The van der Waals surface area contributed by atoms with Crippen molar-refractivity contribution in [3.63, 3.8) is 0 Å². The summed E-state index contributed by atoms with van der Waals surface area (Å²) in [6.45, 7) is -1.38. The first-order chi connectivity index (χ1) is 10.2. The minimum absolute atomic E-state index is 0.413. The highest BCUT2D eigenvalue weighted by Gasteiger charge is 2.68. The first kappa shape index (κ1) is 17.9. The Labute approximate surface area is 125 Å². The van der Waals surface area contributed by atoms with E-state index >= 15 is 0 Å². The molecule has 0 saturated carbocycles. The molecule has 8 N–H and O–H groups in total. The van der Waals surface area contributed by atoms with Crippen LogP contribution in [0.2, 0.25) is 0 Å². The van der Waals surface area contributed by atoms with Gasteiger partial charge in [-0.3, -0.25) is 0 Å². The predicted octanol–water partition coefficient (Wildman–Crippen LogP) is -5.16. The molecule has 2 heterocycles. The molecule has 0 aliphatic carbocycles. The van der Waals surface area contributed by atoms with Crippen molar-refractivity contribution < 1.29 is 50.3 Å². The highest BCUT2D eigenvalue weighted by atomic mass is 16.6. The van der Waals surface area contributed by atoms with E-state index in [1.807, 2.05) is 0 Å². The van der Waals surface area contributed by atoms with Gasteiger partial charge in [-0.1, -0.05) is 0 Å². The molecular formula is C12H21O10. The van der Waals surface area contributed by atoms with Gasteiger partial charge in [-0.05, 0) is 0 Å². The Bertz CT molecular complexity index is 390. The maximum Gasteiger partial charge on any atom is 0.156 e. The van der Waals surface area contributed by atoms with Gasteiger partial charge in [0.2, 0.25) is 0 Å². The molecule has 2 aliphatic rings. The second-order valence-corrected chi connectivity index (χ2v) is 5.58. The summed E-state index contributed by atoms with van der Waals surface area (Å²) in [5, 5.41) is 79.3. The number of rotatable bonds is 3. The van der Waals surface area contributed by atoms with Crippen LogP contribution in [0.3, 0.4) is 0 Å². The van der Waals surface area contributed by atoms with E-state index in [4.69, 9.17) is 14.6 Å². The average molecular weight is 325 g/mol. The molecule has 2 fully saturated rings. The Morgan fingerprint density at radius 2 is 1.64 bits per heavy atom. The zero-order valence-electron chi connectivity index (χ0n) is 11.6. The van der Waals surface area contributed by atoms with Gasteiger partial charge in [-0.15, -0.1) is 0 Å². The molecule has 2 saturated heterocycles. The van der Waals surface area contributed by atoms with Crippen LogP contribution in [0.5, 0.6) is 0 Å². The van der Waals surface area contributed by atoms with Crippen LogP contribution in [-0.4, -0.2) is 108 Å². The van der Waals surface area contributed by atoms with E-state index in [0.717, 1.165) is 0 Å². The summed E-state index contributed by atoms with van der Waals surface area (Å²) >= 11 is 0. The van der Waals surface area contributed by atoms with E-state index in [0.29, 0.717) is 6.61 Å². The molecule has 129 valence electrons. The maximum absolute atomic E-state index is 10.7. The van der Waals surface area contributed by atoms with Crippen LogP contribution in [0.1, 0.15) is 0 Å². The van der Waals surface area contributed by atoms with Crippen molar-refractivity contribution in [2.45, 2.75) is 47.8 Å². The minimum atomic E-state index is -2.77. The molecule has 0 aromatic carbocycles. The van der Waals surface area contributed by atoms with Crippen molar-refractivity contribution in [2.75, 3.05) is 19.8 Å². The lowest BCUT2D eigenvalue weighted by Gasteiger charge is -2.56. The lowest BCUT2D eigenvalue weighted by Crippen LogP contribution is -2.80. The number of aliphatic hydroxyl groups is 8. The van der Waals surface area contributed by atoms with Crippen LogP contribution >= 0.6 is 0 Å². The first-order valence-electron chi connectivity index (χ1n) is 6.74. The summed E-state index contributed by atoms with van der Waals surface area (Å²) in [6.07, 6.45) is -10.3. The van der Waals surface area contributed by atoms with E-state index < -0.39 is 67.6 Å². The van der Waals surface area contributed by atoms with Crippen molar-refractivity contribution in [1.82, 2.24) is 0 Å². The van der Waals surface area contributed by atoms with E-state index in [-0.39, 0.29) is 0 Å². The second-order valence-electron chi connectivity index (χ2n) is 5.58. The van der Waals surface area contributed by atoms with E-state index in [1.165, 1.54) is 0 Å². The normalized spacial score (nSPS) is 53.5. The molecule has 22 heavy (non-hydrogen) atoms. The molecule has 10 heteroatoms. The Kier molecular flexibility index (Phi) is 5.09. The number of aliphatic hydroxyl groups excluding tert-OH is 6. The van der Waals surface area contributed by atoms with Crippen molar-refractivity contribution in [3.8, 4) is 0 Å². The monoisotopic (exact) mass is 325 g/mol. The van der Waals surface area contributed by atoms with E-state index in [2.05, 4.69) is 0 Å². The van der Waals surface area contributed by atoms with Gasteiger partial charge in [0.05, 0.1) is 19.8 Å². The standard InChI is InChI=1S/C12H21O10/c13-1-6-8(16)10(18)11(19,4-22-6)12(20)7(2-14)21-3-5(15)9(12)17/h4-10,13-20H,1-3H2/t5-,6+,7+,8+,9+,10-,11-,12-/m0/s1. The second kappa shape index (κ2) is 6.24. The maximum atomic E-state index is 10.7. The summed E-state index contributed by atoms with van der Waals surface area (Å²) in [6, 6.07) is 0. The van der Waals surface area contributed by atoms with Crippen LogP contribution in [-0.2, 0) is 9.47 Å². The van der Waals surface area contributed by atoms with Crippen molar-refractivity contribution in [1.29, 1.82) is 0 Å². The zero-order valence-corrected chi connectivity index (χ0v) is 11.6. The quantitative estimate of drug-likeness (QED) is 0.250. The van der Waals surface area contributed by atoms with Crippen molar-refractivity contribution in [2.24, 2.45) is 0 Å². The molecule has 0 spiro atoms. The Hall–Kier alpha value is -0.400. The third-order valence-corrected chi connectivity index (χ3v) is 4.34. The van der Waals surface area contributed by atoms with Gasteiger partial charge < -0.3 is 50.3 Å². The zero-order chi connectivity index (χ0) is 16.7. The number of hydrogen-bond donors (Lipinski definition) is 8. The van der Waals surface area contributed by atoms with E-state index in [9.17, 15) is 35.7 Å². The lowest BCUT2D eigenvalue weighted by atomic mass is 9.67. The molecule has 8 atom stereocenters. The van der Waals surface area contributed by atoms with E-state index in [1.54, 1.807) is 0 Å². The summed E-state index contributed by atoms with van der Waals surface area (Å²) in [5.41, 5.74) is -5.54. The fourth-order valence-corrected chi connectivity index (χ4v) is 2.89. The molecular weight excluding hydrogens is 304 g/mol. The fourth-order valence-electron chi connectivity index (χ4n) is 2.89. The van der Waals surface area contributed by atoms with Gasteiger partial charge in [0.15, 0.2) is 11.2 Å². The van der Waals surface area contributed by atoms with Crippen LogP contribution in [0.15, 0.2) is 0 Å². The summed E-state index contributed by atoms with van der Waals surface area (Å²) < 4.78 is 9.89. The van der Waals surface area contributed by atoms with Gasteiger partial charge in [-0.2, -0.15) is 0 Å². The van der Waals surface area contributed by atoms with Crippen molar-refractivity contribution >= 4 is 0 Å². The summed E-state index contributed by atoms with van der Waals surface area (Å²) in [4.78, 5) is 0. The molecule has 0 bridgehead atoms. The molecule has 10 nitrogen and oxygen atoms in total. The molecule has 1 radical (unpaired) electrons. The van der Waals surface area contributed by atoms with Gasteiger partial charge >= 0.3 is 0 Å². The van der Waals surface area contributed by atoms with Gasteiger partial charge in [0, 0.05) is 0 Å². The largest absolute Gasteiger partial charge is 0.394 e. The molecule has 0 aromatic rings. The van der Waals surface area contributed by atoms with Crippen LogP contribution in [0.25, 0.3) is 0 Å². The SMILES string of the molecule is OC[C@H]1O[CH][C@@](O)([C@@]2(O)[C@H](O)[C@@H](O)CO[C@@H]2CO)[C@@H](O)[C@@H]1O. The summed E-state index contributed by atoms with van der Waals surface area (Å²) in [5.74, 6) is 0. The topological polar surface area (TPSA) is 180 Å². The highest BCUT2D eigenvalue weighted by molar-refractivity contribution is 5.21. The number of ether oxygens (including phenoxy) is 2. The smallest absolute Gasteiger partial charge is 0.156 e. The Morgan fingerprint density at radius 3 is 2.18 bits per heavy atom. The minimum Gasteiger partial charge on any atom is -0.394 e. The Balaban J connectivity index is 2.40. The average Bonchev–Trinajstić information content (AvgIpc) is 2.50. The van der Waals surface area contributed by atoms with Crippen LogP contribution in [0.4, 0.5) is 0 Å².